The molecule has 5 heteroatoms. The number of para-hydroxylation sites is 1. The van der Waals surface area contributed by atoms with Crippen LogP contribution in [0.15, 0.2) is 41.8 Å². The minimum atomic E-state index is 0.0303. The second-order valence-electron chi connectivity index (χ2n) is 5.56. The van der Waals surface area contributed by atoms with E-state index in [4.69, 9.17) is 9.47 Å². The van der Waals surface area contributed by atoms with Gasteiger partial charge in [0, 0.05) is 24.1 Å². The summed E-state index contributed by atoms with van der Waals surface area (Å²) >= 11 is 1.68. The highest BCUT2D eigenvalue weighted by Crippen LogP contribution is 2.25. The number of benzene rings is 1. The van der Waals surface area contributed by atoms with E-state index in [1.54, 1.807) is 18.4 Å². The van der Waals surface area contributed by atoms with Gasteiger partial charge in [-0.15, -0.1) is 11.3 Å². The monoisotopic (exact) mass is 331 g/mol. The van der Waals surface area contributed by atoms with E-state index in [-0.39, 0.29) is 11.9 Å². The third kappa shape index (κ3) is 3.74. The molecule has 1 fully saturated rings. The zero-order valence-corrected chi connectivity index (χ0v) is 14.1. The number of amides is 1. The second-order valence-corrected chi connectivity index (χ2v) is 6.59. The number of thiophene rings is 1. The molecule has 1 aromatic heterocycles. The lowest BCUT2D eigenvalue weighted by atomic mass is 10.0. The lowest BCUT2D eigenvalue weighted by Gasteiger charge is -2.34. The maximum absolute atomic E-state index is 13.2. The highest BCUT2D eigenvalue weighted by molar-refractivity contribution is 7.09. The van der Waals surface area contributed by atoms with Gasteiger partial charge in [0.15, 0.2) is 0 Å². The summed E-state index contributed by atoms with van der Waals surface area (Å²) in [6.45, 7) is 2.06. The molecule has 1 aliphatic heterocycles. The topological polar surface area (TPSA) is 38.8 Å². The number of ether oxygens (including phenoxy) is 2. The Hall–Kier alpha value is -1.85. The van der Waals surface area contributed by atoms with Crippen LogP contribution in [0.3, 0.4) is 0 Å². The minimum absolute atomic E-state index is 0.0303. The Morgan fingerprint density at radius 3 is 2.74 bits per heavy atom. The maximum atomic E-state index is 13.2. The number of methoxy groups -OCH3 is 1. The van der Waals surface area contributed by atoms with Crippen LogP contribution >= 0.6 is 11.3 Å². The number of carbonyl (C=O) groups is 1. The van der Waals surface area contributed by atoms with E-state index in [1.165, 1.54) is 4.88 Å². The largest absolute Gasteiger partial charge is 0.496 e. The molecular formula is C18H21NO3S. The molecule has 1 aromatic carbocycles. The van der Waals surface area contributed by atoms with Crippen LogP contribution in [0.25, 0.3) is 0 Å². The number of carbonyl (C=O) groups excluding carboxylic acids is 1. The van der Waals surface area contributed by atoms with Crippen LogP contribution in [-0.2, 0) is 11.3 Å². The van der Waals surface area contributed by atoms with Crippen LogP contribution in [-0.4, -0.2) is 37.2 Å². The van der Waals surface area contributed by atoms with Gasteiger partial charge in [0.2, 0.25) is 0 Å². The van der Waals surface area contributed by atoms with E-state index in [1.807, 2.05) is 40.6 Å². The third-order valence-corrected chi connectivity index (χ3v) is 5.00. The number of rotatable bonds is 5. The summed E-state index contributed by atoms with van der Waals surface area (Å²) in [5.41, 5.74) is 0.623. The first-order valence-electron chi connectivity index (χ1n) is 7.83. The van der Waals surface area contributed by atoms with Crippen molar-refractivity contribution in [1.82, 2.24) is 4.90 Å². The lowest BCUT2D eigenvalue weighted by molar-refractivity contribution is 0.0268. The van der Waals surface area contributed by atoms with Gasteiger partial charge in [-0.3, -0.25) is 4.79 Å². The Labute approximate surface area is 140 Å². The van der Waals surface area contributed by atoms with Crippen LogP contribution in [0.1, 0.15) is 28.1 Å². The SMILES string of the molecule is COc1ccccc1C(=O)N(Cc1cccs1)C1CCOCC1. The molecule has 0 radical (unpaired) electrons. The average Bonchev–Trinajstić information content (AvgIpc) is 3.13. The molecule has 1 saturated heterocycles. The normalized spacial score (nSPS) is 15.3. The average molecular weight is 331 g/mol. The summed E-state index contributed by atoms with van der Waals surface area (Å²) in [5, 5.41) is 2.05. The van der Waals surface area contributed by atoms with Crippen molar-refractivity contribution < 1.29 is 14.3 Å². The molecule has 23 heavy (non-hydrogen) atoms. The van der Waals surface area contributed by atoms with Crippen LogP contribution < -0.4 is 4.74 Å². The van der Waals surface area contributed by atoms with Gasteiger partial charge in [-0.1, -0.05) is 18.2 Å². The molecule has 0 bridgehead atoms. The van der Waals surface area contributed by atoms with Gasteiger partial charge in [-0.25, -0.2) is 0 Å². The molecule has 0 atom stereocenters. The maximum Gasteiger partial charge on any atom is 0.258 e. The van der Waals surface area contributed by atoms with Gasteiger partial charge in [0.1, 0.15) is 5.75 Å². The van der Waals surface area contributed by atoms with E-state index in [0.717, 1.165) is 12.8 Å². The van der Waals surface area contributed by atoms with E-state index in [2.05, 4.69) is 6.07 Å². The molecule has 3 rings (SSSR count). The van der Waals surface area contributed by atoms with Crippen LogP contribution in [0, 0.1) is 0 Å². The molecule has 122 valence electrons. The molecule has 0 unspecified atom stereocenters. The zero-order chi connectivity index (χ0) is 16.1. The fourth-order valence-electron chi connectivity index (χ4n) is 2.91. The smallest absolute Gasteiger partial charge is 0.258 e. The molecule has 4 nitrogen and oxygen atoms in total. The van der Waals surface area contributed by atoms with Gasteiger partial charge in [-0.05, 0) is 36.4 Å². The van der Waals surface area contributed by atoms with E-state index >= 15 is 0 Å². The van der Waals surface area contributed by atoms with E-state index in [0.29, 0.717) is 31.1 Å². The van der Waals surface area contributed by atoms with Crippen LogP contribution in [0.5, 0.6) is 5.75 Å². The molecule has 1 amide bonds. The Morgan fingerprint density at radius 2 is 2.04 bits per heavy atom. The second kappa shape index (κ2) is 7.62. The van der Waals surface area contributed by atoms with Crippen molar-refractivity contribution in [3.05, 3.63) is 52.2 Å². The summed E-state index contributed by atoms with van der Waals surface area (Å²) in [6, 6.07) is 11.7. The fraction of sp³-hybridized carbons (Fsp3) is 0.389. The first-order chi connectivity index (χ1) is 11.3. The summed E-state index contributed by atoms with van der Waals surface area (Å²) in [7, 11) is 1.60. The Morgan fingerprint density at radius 1 is 1.26 bits per heavy atom. The molecular weight excluding hydrogens is 310 g/mol. The van der Waals surface area contributed by atoms with Crippen LogP contribution in [0.2, 0.25) is 0 Å². The summed E-state index contributed by atoms with van der Waals surface area (Å²) in [4.78, 5) is 16.3. The summed E-state index contributed by atoms with van der Waals surface area (Å²) in [5.74, 6) is 0.656. The van der Waals surface area contributed by atoms with Crippen molar-refractivity contribution in [2.45, 2.75) is 25.4 Å². The molecule has 2 aromatic rings. The molecule has 1 aliphatic rings. The predicted octanol–water partition coefficient (Wildman–Crippen LogP) is 3.58. The minimum Gasteiger partial charge on any atom is -0.496 e. The van der Waals surface area contributed by atoms with Crippen molar-refractivity contribution in [1.29, 1.82) is 0 Å². The van der Waals surface area contributed by atoms with Gasteiger partial charge < -0.3 is 14.4 Å². The molecule has 0 N–H and O–H groups in total. The van der Waals surface area contributed by atoms with Crippen molar-refractivity contribution in [3.63, 3.8) is 0 Å². The molecule has 0 saturated carbocycles. The standard InChI is InChI=1S/C18H21NO3S/c1-21-17-7-3-2-6-16(17)18(20)19(13-15-5-4-12-23-15)14-8-10-22-11-9-14/h2-7,12,14H,8-11,13H2,1H3. The van der Waals surface area contributed by atoms with Crippen LogP contribution in [0.4, 0.5) is 0 Å². The molecule has 0 spiro atoms. The number of hydrogen-bond acceptors (Lipinski definition) is 4. The van der Waals surface area contributed by atoms with Crippen molar-refractivity contribution in [2.24, 2.45) is 0 Å². The number of nitrogens with zero attached hydrogens (tertiary/aromatic N) is 1. The van der Waals surface area contributed by atoms with Gasteiger partial charge in [0.25, 0.3) is 5.91 Å². The molecule has 0 aliphatic carbocycles. The first kappa shape index (κ1) is 16.0. The van der Waals surface area contributed by atoms with E-state index < -0.39 is 0 Å². The predicted molar refractivity (Wildman–Crippen MR) is 91.0 cm³/mol. The summed E-state index contributed by atoms with van der Waals surface area (Å²) in [6.07, 6.45) is 1.76. The van der Waals surface area contributed by atoms with Gasteiger partial charge >= 0.3 is 0 Å². The summed E-state index contributed by atoms with van der Waals surface area (Å²) < 4.78 is 10.8. The lowest BCUT2D eigenvalue weighted by Crippen LogP contribution is -2.42. The quantitative estimate of drug-likeness (QED) is 0.840. The third-order valence-electron chi connectivity index (χ3n) is 4.14. The van der Waals surface area contributed by atoms with Gasteiger partial charge in [0.05, 0.1) is 19.2 Å². The van der Waals surface area contributed by atoms with Gasteiger partial charge in [-0.2, -0.15) is 0 Å². The molecule has 2 heterocycles. The highest BCUT2D eigenvalue weighted by Gasteiger charge is 2.28. The van der Waals surface area contributed by atoms with Crippen molar-refractivity contribution >= 4 is 17.2 Å². The van der Waals surface area contributed by atoms with Crippen molar-refractivity contribution in [2.75, 3.05) is 20.3 Å². The Kier molecular flexibility index (Phi) is 5.31. The highest BCUT2D eigenvalue weighted by atomic mass is 32.1. The van der Waals surface area contributed by atoms with E-state index in [9.17, 15) is 4.79 Å². The zero-order valence-electron chi connectivity index (χ0n) is 13.2. The Bertz CT molecular complexity index is 635. The first-order valence-corrected chi connectivity index (χ1v) is 8.71. The fourth-order valence-corrected chi connectivity index (χ4v) is 3.61. The van der Waals surface area contributed by atoms with Crippen molar-refractivity contribution in [3.8, 4) is 5.75 Å². The number of hydrogen-bond donors (Lipinski definition) is 0. The Balaban J connectivity index is 1.88.